The molecular weight excluding hydrogens is 352 g/mol. The highest BCUT2D eigenvalue weighted by atomic mass is 32.2. The molecule has 0 bridgehead atoms. The monoisotopic (exact) mass is 369 g/mol. The summed E-state index contributed by atoms with van der Waals surface area (Å²) in [5.74, 6) is -3.12. The van der Waals surface area contributed by atoms with Gasteiger partial charge in [-0.1, -0.05) is 0 Å². The predicted molar refractivity (Wildman–Crippen MR) is 85.9 cm³/mol. The number of hydrogen-bond acceptors (Lipinski definition) is 4. The van der Waals surface area contributed by atoms with Crippen molar-refractivity contribution in [2.24, 2.45) is 0 Å². The van der Waals surface area contributed by atoms with Gasteiger partial charge in [0.05, 0.1) is 17.2 Å². The first-order valence-electron chi connectivity index (χ1n) is 7.80. The van der Waals surface area contributed by atoms with Gasteiger partial charge in [-0.05, 0) is 56.2 Å². The van der Waals surface area contributed by atoms with Gasteiger partial charge in [-0.3, -0.25) is 4.79 Å². The largest absolute Gasteiger partial charge is 0.467 e. The standard InChI is InChI=1S/C17H17F2NO4S/c1-11(15-3-2-10-24-15)20(13-6-7-13)16(21)12-4-8-14(9-5-12)25(22,23)17(18)19/h2-5,8-11,13,17H,6-7H2,1H3/t11-/m1/s1. The number of amides is 1. The van der Waals surface area contributed by atoms with E-state index in [-0.39, 0.29) is 23.6 Å². The molecule has 1 heterocycles. The highest BCUT2D eigenvalue weighted by molar-refractivity contribution is 7.91. The minimum Gasteiger partial charge on any atom is -0.467 e. The molecule has 0 aliphatic heterocycles. The lowest BCUT2D eigenvalue weighted by Gasteiger charge is -2.28. The Labute approximate surface area is 144 Å². The van der Waals surface area contributed by atoms with Gasteiger partial charge < -0.3 is 9.32 Å². The molecule has 0 unspecified atom stereocenters. The second-order valence-corrected chi connectivity index (χ2v) is 7.88. The molecule has 0 radical (unpaired) electrons. The third-order valence-corrected chi connectivity index (χ3v) is 5.61. The zero-order valence-electron chi connectivity index (χ0n) is 13.4. The molecule has 134 valence electrons. The molecule has 1 aliphatic carbocycles. The fourth-order valence-electron chi connectivity index (χ4n) is 2.72. The molecule has 1 aliphatic rings. The van der Waals surface area contributed by atoms with E-state index in [2.05, 4.69) is 0 Å². The molecule has 0 spiro atoms. The van der Waals surface area contributed by atoms with Gasteiger partial charge in [-0.2, -0.15) is 8.78 Å². The summed E-state index contributed by atoms with van der Waals surface area (Å²) in [7, 11) is -4.67. The van der Waals surface area contributed by atoms with Crippen LogP contribution in [0.1, 0.15) is 41.9 Å². The molecule has 0 N–H and O–H groups in total. The van der Waals surface area contributed by atoms with Crippen molar-refractivity contribution in [2.45, 2.75) is 42.5 Å². The normalized spacial score (nSPS) is 16.0. The molecular formula is C17H17F2NO4S. The average Bonchev–Trinajstić information content (AvgIpc) is 3.26. The van der Waals surface area contributed by atoms with Crippen molar-refractivity contribution in [2.75, 3.05) is 0 Å². The maximum absolute atomic E-state index is 12.8. The van der Waals surface area contributed by atoms with Crippen molar-refractivity contribution in [3.63, 3.8) is 0 Å². The number of benzene rings is 1. The number of hydrogen-bond donors (Lipinski definition) is 0. The van der Waals surface area contributed by atoms with Crippen molar-refractivity contribution in [1.29, 1.82) is 0 Å². The Hall–Kier alpha value is -2.22. The molecule has 1 aromatic carbocycles. The zero-order valence-corrected chi connectivity index (χ0v) is 14.2. The van der Waals surface area contributed by atoms with Crippen LogP contribution in [-0.2, 0) is 9.84 Å². The average molecular weight is 369 g/mol. The summed E-state index contributed by atoms with van der Waals surface area (Å²) < 4.78 is 53.5. The van der Waals surface area contributed by atoms with Gasteiger partial charge in [0, 0.05) is 11.6 Å². The van der Waals surface area contributed by atoms with Crippen LogP contribution >= 0.6 is 0 Å². The molecule has 1 fully saturated rings. The summed E-state index contributed by atoms with van der Waals surface area (Å²) in [4.78, 5) is 14.0. The molecule has 5 nitrogen and oxygen atoms in total. The summed E-state index contributed by atoms with van der Waals surface area (Å²) >= 11 is 0. The smallest absolute Gasteiger partial charge is 0.341 e. The molecule has 8 heteroatoms. The van der Waals surface area contributed by atoms with Crippen LogP contribution in [0.15, 0.2) is 52.0 Å². The first-order valence-corrected chi connectivity index (χ1v) is 9.35. The minimum absolute atomic E-state index is 0.0945. The van der Waals surface area contributed by atoms with E-state index in [1.165, 1.54) is 18.4 Å². The van der Waals surface area contributed by atoms with E-state index in [1.54, 1.807) is 17.0 Å². The molecule has 1 amide bonds. The number of nitrogens with zero attached hydrogens (tertiary/aromatic N) is 1. The quantitative estimate of drug-likeness (QED) is 0.780. The van der Waals surface area contributed by atoms with Gasteiger partial charge in [0.25, 0.3) is 5.91 Å². The number of carbonyl (C=O) groups excluding carboxylic acids is 1. The van der Waals surface area contributed by atoms with E-state index in [9.17, 15) is 22.0 Å². The Balaban J connectivity index is 1.86. The lowest BCUT2D eigenvalue weighted by Crippen LogP contribution is -2.35. The topological polar surface area (TPSA) is 67.6 Å². The number of alkyl halides is 2. The molecule has 3 rings (SSSR count). The van der Waals surface area contributed by atoms with Gasteiger partial charge in [0.1, 0.15) is 5.76 Å². The second kappa shape index (κ2) is 6.59. The summed E-state index contributed by atoms with van der Waals surface area (Å²) in [6.45, 7) is 1.85. The van der Waals surface area contributed by atoms with Crippen LogP contribution in [0.5, 0.6) is 0 Å². The first kappa shape index (κ1) is 17.6. The Morgan fingerprint density at radius 1 is 1.20 bits per heavy atom. The number of halogens is 2. The fourth-order valence-corrected chi connectivity index (χ4v) is 3.44. The van der Waals surface area contributed by atoms with Crippen LogP contribution in [0.4, 0.5) is 8.78 Å². The van der Waals surface area contributed by atoms with E-state index in [1.807, 2.05) is 6.92 Å². The molecule has 1 saturated carbocycles. The summed E-state index contributed by atoms with van der Waals surface area (Å²) in [5, 5.41) is 0. The minimum atomic E-state index is -4.67. The highest BCUT2D eigenvalue weighted by Gasteiger charge is 2.37. The Kier molecular flexibility index (Phi) is 4.64. The van der Waals surface area contributed by atoms with Gasteiger partial charge in [-0.25, -0.2) is 8.42 Å². The second-order valence-electron chi connectivity index (χ2n) is 5.97. The van der Waals surface area contributed by atoms with Gasteiger partial charge >= 0.3 is 5.76 Å². The van der Waals surface area contributed by atoms with Crippen molar-refractivity contribution in [3.05, 3.63) is 54.0 Å². The zero-order chi connectivity index (χ0) is 18.2. The van der Waals surface area contributed by atoms with Crippen molar-refractivity contribution in [3.8, 4) is 0 Å². The summed E-state index contributed by atoms with van der Waals surface area (Å²) in [5.41, 5.74) is 0.249. The summed E-state index contributed by atoms with van der Waals surface area (Å²) in [6.07, 6.45) is 3.30. The van der Waals surface area contributed by atoms with Crippen LogP contribution in [-0.4, -0.2) is 31.0 Å². The maximum Gasteiger partial charge on any atom is 0.341 e. The molecule has 1 aromatic heterocycles. The van der Waals surface area contributed by atoms with Crippen LogP contribution in [0.3, 0.4) is 0 Å². The fraction of sp³-hybridized carbons (Fsp3) is 0.353. The molecule has 1 atom stereocenters. The van der Waals surface area contributed by atoms with Crippen LogP contribution in [0, 0.1) is 0 Å². The van der Waals surface area contributed by atoms with Crippen LogP contribution < -0.4 is 0 Å². The van der Waals surface area contributed by atoms with E-state index in [0.717, 1.165) is 25.0 Å². The Morgan fingerprint density at radius 3 is 2.32 bits per heavy atom. The highest BCUT2D eigenvalue weighted by Crippen LogP contribution is 2.36. The van der Waals surface area contributed by atoms with E-state index >= 15 is 0 Å². The predicted octanol–water partition coefficient (Wildman–Crippen LogP) is 3.64. The molecule has 2 aromatic rings. The third kappa shape index (κ3) is 3.44. The summed E-state index contributed by atoms with van der Waals surface area (Å²) in [6, 6.07) is 7.95. The van der Waals surface area contributed by atoms with E-state index < -0.39 is 20.5 Å². The van der Waals surface area contributed by atoms with Gasteiger partial charge in [0.15, 0.2) is 0 Å². The van der Waals surface area contributed by atoms with Gasteiger partial charge in [-0.15, -0.1) is 0 Å². The lowest BCUT2D eigenvalue weighted by atomic mass is 10.1. The van der Waals surface area contributed by atoms with Crippen LogP contribution in [0.2, 0.25) is 0 Å². The first-order chi connectivity index (χ1) is 11.8. The number of sulfone groups is 1. The van der Waals surface area contributed by atoms with Gasteiger partial charge in [0.2, 0.25) is 9.84 Å². The SMILES string of the molecule is C[C@H](c1ccco1)N(C(=O)c1ccc(S(=O)(=O)C(F)F)cc1)C1CC1. The Morgan fingerprint density at radius 2 is 1.84 bits per heavy atom. The number of rotatable bonds is 6. The maximum atomic E-state index is 12.8. The number of furan rings is 1. The van der Waals surface area contributed by atoms with Crippen LogP contribution in [0.25, 0.3) is 0 Å². The van der Waals surface area contributed by atoms with E-state index in [4.69, 9.17) is 4.42 Å². The van der Waals surface area contributed by atoms with E-state index in [0.29, 0.717) is 5.76 Å². The number of carbonyl (C=O) groups is 1. The third-order valence-electron chi connectivity index (χ3n) is 4.21. The Bertz CT molecular complexity index is 843. The molecule has 25 heavy (non-hydrogen) atoms. The molecule has 0 saturated heterocycles. The lowest BCUT2D eigenvalue weighted by molar-refractivity contribution is 0.0652. The van der Waals surface area contributed by atoms with Crippen molar-refractivity contribution in [1.82, 2.24) is 4.90 Å². The van der Waals surface area contributed by atoms with Crippen molar-refractivity contribution >= 4 is 15.7 Å². The van der Waals surface area contributed by atoms with Crippen molar-refractivity contribution < 1.29 is 26.4 Å².